The number of rotatable bonds is 3. The molecule has 202 valence electrons. The highest BCUT2D eigenvalue weighted by molar-refractivity contribution is 6.00. The van der Waals surface area contributed by atoms with Gasteiger partial charge in [-0.3, -0.25) is 28.8 Å². The largest absolute Gasteiger partial charge is 0.481 e. The van der Waals surface area contributed by atoms with Crippen LogP contribution in [-0.2, 0) is 26.2 Å². The second-order valence-corrected chi connectivity index (χ2v) is 10.9. The SMILES string of the molecule is Cn1c(=O)n(C2CCC(=O)NC2=O)c2ccc(C#CCC3(C(=O)O)CCN(C(=O)OC(C)(C)C)CC3)cc21. The molecule has 3 heterocycles. The molecule has 2 fully saturated rings. The lowest BCUT2D eigenvalue weighted by Gasteiger charge is -2.38. The third-order valence-corrected chi connectivity index (χ3v) is 7.10. The Morgan fingerprint density at radius 2 is 1.84 bits per heavy atom. The maximum absolute atomic E-state index is 12.9. The number of aliphatic carboxylic acids is 1. The van der Waals surface area contributed by atoms with Crippen LogP contribution in [0.1, 0.15) is 64.5 Å². The van der Waals surface area contributed by atoms with Gasteiger partial charge in [-0.15, -0.1) is 0 Å². The number of aryl methyl sites for hydroxylation is 1. The van der Waals surface area contributed by atoms with Crippen LogP contribution in [-0.4, -0.2) is 61.7 Å². The Labute approximate surface area is 219 Å². The standard InChI is InChI=1S/C27H32N4O7/c1-26(2,3)38-25(37)30-14-12-27(13-15-30,23(34)35)11-5-6-17-7-8-18-20(16-17)29(4)24(36)31(18)19-9-10-21(32)28-22(19)33/h7-8,16,19H,9-15H2,1-4H3,(H,34,35)(H,28,32,33). The number of carboxylic acids is 1. The molecule has 2 aromatic rings. The van der Waals surface area contributed by atoms with Gasteiger partial charge in [0.25, 0.3) is 0 Å². The molecule has 1 unspecified atom stereocenters. The van der Waals surface area contributed by atoms with Crippen LogP contribution >= 0.6 is 0 Å². The van der Waals surface area contributed by atoms with Crippen molar-refractivity contribution in [2.45, 2.75) is 64.5 Å². The summed E-state index contributed by atoms with van der Waals surface area (Å²) in [6, 6.07) is 4.37. The van der Waals surface area contributed by atoms with Crippen molar-refractivity contribution in [1.29, 1.82) is 0 Å². The molecular weight excluding hydrogens is 492 g/mol. The zero-order valence-corrected chi connectivity index (χ0v) is 22.0. The highest BCUT2D eigenvalue weighted by atomic mass is 16.6. The number of hydrogen-bond acceptors (Lipinski definition) is 6. The van der Waals surface area contributed by atoms with Crippen molar-refractivity contribution in [3.8, 4) is 11.8 Å². The number of imide groups is 1. The summed E-state index contributed by atoms with van der Waals surface area (Å²) in [6.07, 6.45) is 0.582. The summed E-state index contributed by atoms with van der Waals surface area (Å²) in [5.74, 6) is 4.20. The van der Waals surface area contributed by atoms with Crippen molar-refractivity contribution in [3.05, 3.63) is 34.2 Å². The minimum Gasteiger partial charge on any atom is -0.481 e. The van der Waals surface area contributed by atoms with Gasteiger partial charge >= 0.3 is 17.8 Å². The molecule has 2 aliphatic heterocycles. The molecule has 1 atom stereocenters. The van der Waals surface area contributed by atoms with Crippen LogP contribution in [0.5, 0.6) is 0 Å². The maximum Gasteiger partial charge on any atom is 0.410 e. The number of piperidine rings is 2. The molecule has 2 saturated heterocycles. The van der Waals surface area contributed by atoms with E-state index in [9.17, 15) is 29.1 Å². The number of benzene rings is 1. The molecule has 0 saturated carbocycles. The number of nitrogens with zero attached hydrogens (tertiary/aromatic N) is 3. The summed E-state index contributed by atoms with van der Waals surface area (Å²) in [5.41, 5.74) is -0.352. The molecule has 2 N–H and O–H groups in total. The van der Waals surface area contributed by atoms with Gasteiger partial charge in [-0.25, -0.2) is 9.59 Å². The first-order valence-corrected chi connectivity index (χ1v) is 12.6. The summed E-state index contributed by atoms with van der Waals surface area (Å²) in [7, 11) is 1.60. The van der Waals surface area contributed by atoms with Crippen LogP contribution in [0.25, 0.3) is 11.0 Å². The van der Waals surface area contributed by atoms with Gasteiger partial charge in [0, 0.05) is 38.5 Å². The van der Waals surface area contributed by atoms with Gasteiger partial charge in [0.05, 0.1) is 16.4 Å². The first-order chi connectivity index (χ1) is 17.8. The smallest absolute Gasteiger partial charge is 0.410 e. The number of hydrogen-bond donors (Lipinski definition) is 2. The number of carbonyl (C=O) groups excluding carboxylic acids is 3. The summed E-state index contributed by atoms with van der Waals surface area (Å²) >= 11 is 0. The van der Waals surface area contributed by atoms with Crippen molar-refractivity contribution in [3.63, 3.8) is 0 Å². The van der Waals surface area contributed by atoms with E-state index in [0.717, 1.165) is 0 Å². The number of likely N-dealkylation sites (tertiary alicyclic amines) is 1. The first kappa shape index (κ1) is 27.0. The highest BCUT2D eigenvalue weighted by Crippen LogP contribution is 2.35. The number of carboxylic acid groups (broad SMARTS) is 1. The minimum atomic E-state index is -1.07. The van der Waals surface area contributed by atoms with Crippen molar-refractivity contribution < 1.29 is 29.0 Å². The zero-order chi connectivity index (χ0) is 27.8. The quantitative estimate of drug-likeness (QED) is 0.463. The van der Waals surface area contributed by atoms with Crippen LogP contribution < -0.4 is 11.0 Å². The number of nitrogens with one attached hydrogen (secondary N) is 1. The number of fused-ring (bicyclic) bond motifs is 1. The average Bonchev–Trinajstić information content (AvgIpc) is 3.08. The summed E-state index contributed by atoms with van der Waals surface area (Å²) in [6.45, 7) is 5.89. The Hall–Kier alpha value is -4.07. The normalized spacial score (nSPS) is 19.5. The van der Waals surface area contributed by atoms with Gasteiger partial charge < -0.3 is 14.7 Å². The Morgan fingerprint density at radius 1 is 1.16 bits per heavy atom. The minimum absolute atomic E-state index is 0.110. The molecule has 2 aliphatic rings. The molecule has 0 radical (unpaired) electrons. The predicted molar refractivity (Wildman–Crippen MR) is 137 cm³/mol. The van der Waals surface area contributed by atoms with E-state index in [4.69, 9.17) is 4.74 Å². The second kappa shape index (κ2) is 10.0. The maximum atomic E-state index is 12.9. The molecule has 38 heavy (non-hydrogen) atoms. The van der Waals surface area contributed by atoms with E-state index in [2.05, 4.69) is 17.2 Å². The Balaban J connectivity index is 1.52. The summed E-state index contributed by atoms with van der Waals surface area (Å²) < 4.78 is 8.22. The Morgan fingerprint density at radius 3 is 2.45 bits per heavy atom. The van der Waals surface area contributed by atoms with E-state index in [0.29, 0.717) is 16.6 Å². The van der Waals surface area contributed by atoms with Gasteiger partial charge in [0.15, 0.2) is 0 Å². The number of aromatic nitrogens is 2. The molecule has 3 amide bonds. The van der Waals surface area contributed by atoms with Gasteiger partial charge in [-0.05, 0) is 58.2 Å². The average molecular weight is 525 g/mol. The molecule has 11 heteroatoms. The number of imidazole rings is 1. The molecule has 1 aromatic carbocycles. The molecule has 11 nitrogen and oxygen atoms in total. The lowest BCUT2D eigenvalue weighted by molar-refractivity contribution is -0.151. The zero-order valence-electron chi connectivity index (χ0n) is 22.0. The second-order valence-electron chi connectivity index (χ2n) is 10.9. The van der Waals surface area contributed by atoms with Crippen molar-refractivity contribution >= 4 is 34.9 Å². The topological polar surface area (TPSA) is 140 Å². The lowest BCUT2D eigenvalue weighted by atomic mass is 9.76. The molecular formula is C27H32N4O7. The highest BCUT2D eigenvalue weighted by Gasteiger charge is 2.42. The van der Waals surface area contributed by atoms with E-state index in [1.165, 1.54) is 14.0 Å². The van der Waals surface area contributed by atoms with Crippen molar-refractivity contribution in [2.24, 2.45) is 12.5 Å². The van der Waals surface area contributed by atoms with E-state index in [1.54, 1.807) is 46.0 Å². The molecule has 4 rings (SSSR count). The van der Waals surface area contributed by atoms with Crippen LogP contribution in [0.2, 0.25) is 0 Å². The van der Waals surface area contributed by atoms with Gasteiger partial charge in [-0.1, -0.05) is 11.8 Å². The van der Waals surface area contributed by atoms with Gasteiger partial charge in [-0.2, -0.15) is 0 Å². The van der Waals surface area contributed by atoms with Crippen LogP contribution in [0.3, 0.4) is 0 Å². The number of ether oxygens (including phenoxy) is 1. The Bertz CT molecular complexity index is 1430. The third-order valence-electron chi connectivity index (χ3n) is 7.10. The van der Waals surface area contributed by atoms with E-state index in [-0.39, 0.29) is 56.8 Å². The molecule has 0 spiro atoms. The van der Waals surface area contributed by atoms with Crippen molar-refractivity contribution in [2.75, 3.05) is 13.1 Å². The first-order valence-electron chi connectivity index (χ1n) is 12.6. The fraction of sp³-hybridized carbons (Fsp3) is 0.519. The van der Waals surface area contributed by atoms with Crippen LogP contribution in [0.15, 0.2) is 23.0 Å². The van der Waals surface area contributed by atoms with E-state index >= 15 is 0 Å². The summed E-state index contributed by atoms with van der Waals surface area (Å²) in [5, 5.41) is 12.3. The predicted octanol–water partition coefficient (Wildman–Crippen LogP) is 2.16. The molecule has 0 aliphatic carbocycles. The van der Waals surface area contributed by atoms with Crippen LogP contribution in [0.4, 0.5) is 4.79 Å². The molecule has 1 aromatic heterocycles. The van der Waals surface area contributed by atoms with E-state index < -0.39 is 35.0 Å². The third kappa shape index (κ3) is 5.30. The monoisotopic (exact) mass is 524 g/mol. The van der Waals surface area contributed by atoms with Gasteiger partial charge in [0.1, 0.15) is 11.6 Å². The molecule has 0 bridgehead atoms. The fourth-order valence-electron chi connectivity index (χ4n) is 4.90. The van der Waals surface area contributed by atoms with Crippen molar-refractivity contribution in [1.82, 2.24) is 19.4 Å². The fourth-order valence-corrected chi connectivity index (χ4v) is 4.90. The van der Waals surface area contributed by atoms with E-state index in [1.807, 2.05) is 0 Å². The number of carbonyl (C=O) groups is 4. The summed E-state index contributed by atoms with van der Waals surface area (Å²) in [4.78, 5) is 62.9. The number of amides is 3. The Kier molecular flexibility index (Phi) is 7.10. The van der Waals surface area contributed by atoms with Gasteiger partial charge in [0.2, 0.25) is 11.8 Å². The van der Waals surface area contributed by atoms with Crippen LogP contribution in [0, 0.1) is 17.3 Å². The lowest BCUT2D eigenvalue weighted by Crippen LogP contribution is -2.47.